The molecule has 0 amide bonds. The minimum Gasteiger partial charge on any atom is -0.480 e. The number of hydrogen-bond acceptors (Lipinski definition) is 4. The average Bonchev–Trinajstić information content (AvgIpc) is 3.05. The van der Waals surface area contributed by atoms with E-state index in [1.807, 2.05) is 0 Å². The van der Waals surface area contributed by atoms with E-state index in [0.717, 1.165) is 6.42 Å². The monoisotopic (exact) mass is 400 g/mol. The summed E-state index contributed by atoms with van der Waals surface area (Å²) in [5.41, 5.74) is 0.893. The first-order chi connectivity index (χ1) is 13.3. The molecule has 28 heavy (non-hydrogen) atoms. The minimum atomic E-state index is -3.84. The van der Waals surface area contributed by atoms with Crippen molar-refractivity contribution in [1.29, 1.82) is 0 Å². The van der Waals surface area contributed by atoms with Gasteiger partial charge in [-0.1, -0.05) is 50.2 Å². The fraction of sp³-hybridized carbons (Fsp3) is 0.286. The second-order valence-electron chi connectivity index (χ2n) is 7.12. The lowest BCUT2D eigenvalue weighted by Gasteiger charge is -2.15. The van der Waals surface area contributed by atoms with Gasteiger partial charge in [0.15, 0.2) is 0 Å². The fourth-order valence-electron chi connectivity index (χ4n) is 3.16. The Balaban J connectivity index is 2.11. The van der Waals surface area contributed by atoms with Crippen LogP contribution in [-0.2, 0) is 14.8 Å². The summed E-state index contributed by atoms with van der Waals surface area (Å²) in [7, 11) is -3.84. The van der Waals surface area contributed by atoms with Crippen LogP contribution in [0.25, 0.3) is 10.9 Å². The number of benzene rings is 2. The summed E-state index contributed by atoms with van der Waals surface area (Å²) < 4.78 is 27.5. The van der Waals surface area contributed by atoms with Gasteiger partial charge in [-0.15, -0.1) is 0 Å². The molecule has 0 saturated heterocycles. The number of para-hydroxylation sites is 1. The Morgan fingerprint density at radius 2 is 1.71 bits per heavy atom. The molecule has 3 rings (SSSR count). The first kappa shape index (κ1) is 20.1. The minimum absolute atomic E-state index is 0.155. The molecule has 0 aliphatic rings. The Bertz CT molecular complexity index is 1070. The molecule has 0 spiro atoms. The van der Waals surface area contributed by atoms with Crippen molar-refractivity contribution >= 4 is 26.9 Å². The zero-order chi connectivity index (χ0) is 20.3. The van der Waals surface area contributed by atoms with Gasteiger partial charge in [-0.25, -0.2) is 12.4 Å². The smallest absolute Gasteiger partial charge is 0.325 e. The Kier molecular flexibility index (Phi) is 5.86. The third-order valence-electron chi connectivity index (χ3n) is 4.64. The van der Waals surface area contributed by atoms with Crippen LogP contribution in [0.2, 0.25) is 0 Å². The molecule has 0 aliphatic heterocycles. The van der Waals surface area contributed by atoms with Gasteiger partial charge in [0.2, 0.25) is 0 Å². The number of carboxylic acids is 1. The lowest BCUT2D eigenvalue weighted by Crippen LogP contribution is -2.29. The van der Waals surface area contributed by atoms with E-state index in [2.05, 4.69) is 19.2 Å². The number of nitrogens with one attached hydrogen (secondary N) is 1. The summed E-state index contributed by atoms with van der Waals surface area (Å²) in [5.74, 6) is -0.606. The fourth-order valence-corrected chi connectivity index (χ4v) is 4.56. The number of rotatable bonds is 8. The molecule has 0 aliphatic carbocycles. The van der Waals surface area contributed by atoms with E-state index >= 15 is 0 Å². The molecule has 1 heterocycles. The number of carboxylic acid groups (broad SMARTS) is 1. The normalized spacial score (nSPS) is 13.1. The van der Waals surface area contributed by atoms with Gasteiger partial charge in [-0.05, 0) is 37.1 Å². The van der Waals surface area contributed by atoms with Crippen LogP contribution in [0.3, 0.4) is 0 Å². The lowest BCUT2D eigenvalue weighted by molar-refractivity contribution is -0.139. The van der Waals surface area contributed by atoms with E-state index in [1.165, 1.54) is 22.3 Å². The largest absolute Gasteiger partial charge is 0.480 e. The van der Waals surface area contributed by atoms with Crippen LogP contribution in [0.5, 0.6) is 0 Å². The number of hydrogen-bond donors (Lipinski definition) is 2. The standard InChI is InChI=1S/C21H24N2O4S/c1-15(2)12-13-22-20(21(24)25)18-14-23(19-11-7-6-10-17(18)19)28(26,27)16-8-4-3-5-9-16/h3-11,14-15,20,22H,12-13H2,1-2H3,(H,24,25). The van der Waals surface area contributed by atoms with E-state index < -0.39 is 22.0 Å². The molecule has 1 unspecified atom stereocenters. The second-order valence-corrected chi connectivity index (χ2v) is 8.94. The molecule has 0 fully saturated rings. The zero-order valence-corrected chi connectivity index (χ0v) is 16.7. The van der Waals surface area contributed by atoms with E-state index in [4.69, 9.17) is 0 Å². The van der Waals surface area contributed by atoms with Gasteiger partial charge in [0.25, 0.3) is 10.0 Å². The molecular formula is C21H24N2O4S. The molecule has 1 atom stereocenters. The molecule has 7 heteroatoms. The summed E-state index contributed by atoms with van der Waals surface area (Å²) >= 11 is 0. The average molecular weight is 401 g/mol. The van der Waals surface area contributed by atoms with Gasteiger partial charge < -0.3 is 10.4 Å². The highest BCUT2D eigenvalue weighted by molar-refractivity contribution is 7.90. The maximum absolute atomic E-state index is 13.2. The summed E-state index contributed by atoms with van der Waals surface area (Å²) in [4.78, 5) is 12.1. The van der Waals surface area contributed by atoms with Crippen LogP contribution >= 0.6 is 0 Å². The molecule has 1 aromatic heterocycles. The molecule has 148 valence electrons. The predicted octanol–water partition coefficient (Wildman–Crippen LogP) is 3.64. The van der Waals surface area contributed by atoms with Crippen molar-refractivity contribution in [3.63, 3.8) is 0 Å². The van der Waals surface area contributed by atoms with E-state index in [1.54, 1.807) is 42.5 Å². The van der Waals surface area contributed by atoms with Crippen LogP contribution < -0.4 is 5.32 Å². The third kappa shape index (κ3) is 3.95. The topological polar surface area (TPSA) is 88.4 Å². The van der Waals surface area contributed by atoms with Crippen molar-refractivity contribution in [2.24, 2.45) is 5.92 Å². The molecule has 0 saturated carbocycles. The molecule has 0 bridgehead atoms. The van der Waals surface area contributed by atoms with Gasteiger partial charge in [0, 0.05) is 17.1 Å². The van der Waals surface area contributed by atoms with Crippen LogP contribution in [0.4, 0.5) is 0 Å². The number of fused-ring (bicyclic) bond motifs is 1. The number of aromatic nitrogens is 1. The van der Waals surface area contributed by atoms with Crippen LogP contribution in [0, 0.1) is 5.92 Å². The van der Waals surface area contributed by atoms with Crippen molar-refractivity contribution in [3.8, 4) is 0 Å². The third-order valence-corrected chi connectivity index (χ3v) is 6.32. The van der Waals surface area contributed by atoms with E-state index in [9.17, 15) is 18.3 Å². The van der Waals surface area contributed by atoms with Gasteiger partial charge >= 0.3 is 5.97 Å². The highest BCUT2D eigenvalue weighted by Crippen LogP contribution is 2.30. The van der Waals surface area contributed by atoms with Gasteiger partial charge in [-0.3, -0.25) is 4.79 Å². The number of aliphatic carboxylic acids is 1. The van der Waals surface area contributed by atoms with Gasteiger partial charge in [-0.2, -0.15) is 0 Å². The van der Waals surface area contributed by atoms with Crippen molar-refractivity contribution in [1.82, 2.24) is 9.29 Å². The maximum Gasteiger partial charge on any atom is 0.325 e. The van der Waals surface area contributed by atoms with Gasteiger partial charge in [0.05, 0.1) is 10.4 Å². The number of nitrogens with zero attached hydrogens (tertiary/aromatic N) is 1. The van der Waals surface area contributed by atoms with Gasteiger partial charge in [0.1, 0.15) is 6.04 Å². The van der Waals surface area contributed by atoms with Crippen LogP contribution in [-0.4, -0.2) is 30.0 Å². The molecule has 2 N–H and O–H groups in total. The molecule has 3 aromatic rings. The Labute approximate surface area is 164 Å². The van der Waals surface area contributed by atoms with Crippen LogP contribution in [0.1, 0.15) is 31.9 Å². The Hall–Kier alpha value is -2.64. The van der Waals surface area contributed by atoms with Crippen molar-refractivity contribution in [3.05, 3.63) is 66.4 Å². The van der Waals surface area contributed by atoms with E-state index in [0.29, 0.717) is 28.9 Å². The summed E-state index contributed by atoms with van der Waals surface area (Å²) in [6.45, 7) is 4.66. The molecular weight excluding hydrogens is 376 g/mol. The second kappa shape index (κ2) is 8.16. The number of carbonyl (C=O) groups is 1. The predicted molar refractivity (Wildman–Crippen MR) is 109 cm³/mol. The first-order valence-electron chi connectivity index (χ1n) is 9.19. The first-order valence-corrected chi connectivity index (χ1v) is 10.6. The Morgan fingerprint density at radius 3 is 2.36 bits per heavy atom. The van der Waals surface area contributed by atoms with Crippen LogP contribution in [0.15, 0.2) is 65.7 Å². The quantitative estimate of drug-likeness (QED) is 0.603. The SMILES string of the molecule is CC(C)CCNC(C(=O)O)c1cn(S(=O)(=O)c2ccccc2)c2ccccc12. The highest BCUT2D eigenvalue weighted by atomic mass is 32.2. The highest BCUT2D eigenvalue weighted by Gasteiger charge is 2.27. The Morgan fingerprint density at radius 1 is 1.07 bits per heavy atom. The summed E-state index contributed by atoms with van der Waals surface area (Å²) in [6.07, 6.45) is 2.25. The maximum atomic E-state index is 13.2. The van der Waals surface area contributed by atoms with Crippen molar-refractivity contribution in [2.45, 2.75) is 31.2 Å². The molecule has 0 radical (unpaired) electrons. The molecule has 6 nitrogen and oxygen atoms in total. The van der Waals surface area contributed by atoms with Crippen molar-refractivity contribution < 1.29 is 18.3 Å². The molecule has 2 aromatic carbocycles. The lowest BCUT2D eigenvalue weighted by atomic mass is 10.0. The summed E-state index contributed by atoms with van der Waals surface area (Å²) in [5, 5.41) is 13.4. The summed E-state index contributed by atoms with van der Waals surface area (Å²) in [6, 6.07) is 14.1. The van der Waals surface area contributed by atoms with E-state index in [-0.39, 0.29) is 4.90 Å². The zero-order valence-electron chi connectivity index (χ0n) is 15.9. The van der Waals surface area contributed by atoms with Crippen molar-refractivity contribution in [2.75, 3.05) is 6.54 Å².